The van der Waals surface area contributed by atoms with E-state index in [-0.39, 0.29) is 18.5 Å². The normalized spacial score (nSPS) is 25.2. The fourth-order valence-corrected chi connectivity index (χ4v) is 3.03. The van der Waals surface area contributed by atoms with Gasteiger partial charge in [0.1, 0.15) is 5.41 Å². The molecule has 1 aliphatic rings. The highest BCUT2D eigenvalue weighted by atomic mass is 79.9. The van der Waals surface area contributed by atoms with Gasteiger partial charge in [-0.05, 0) is 36.7 Å². The van der Waals surface area contributed by atoms with E-state index in [9.17, 15) is 13.2 Å². The van der Waals surface area contributed by atoms with Gasteiger partial charge in [-0.25, -0.2) is 0 Å². The zero-order chi connectivity index (χ0) is 12.7. The zero-order valence-electron chi connectivity index (χ0n) is 8.74. The molecule has 0 saturated carbocycles. The van der Waals surface area contributed by atoms with E-state index in [1.807, 2.05) is 0 Å². The van der Waals surface area contributed by atoms with Crippen LogP contribution in [0.4, 0.5) is 13.2 Å². The van der Waals surface area contributed by atoms with E-state index in [2.05, 4.69) is 21.2 Å². The fourth-order valence-electron chi connectivity index (χ4n) is 2.17. The molecular formula is C11H10BrClF3N. The van der Waals surface area contributed by atoms with Gasteiger partial charge in [0.15, 0.2) is 0 Å². The standard InChI is InChI=1S/C11H10BrClF3N/c12-8-3-7(4-9(13)5-8)10(11(14,15)16)1-2-17-6-10/h3-5,17H,1-2,6H2/t10-/m0/s1. The second-order valence-electron chi connectivity index (χ2n) is 4.16. The Morgan fingerprint density at radius 3 is 2.47 bits per heavy atom. The van der Waals surface area contributed by atoms with Crippen molar-refractivity contribution in [2.24, 2.45) is 0 Å². The minimum Gasteiger partial charge on any atom is -0.315 e. The van der Waals surface area contributed by atoms with Crippen LogP contribution in [0.2, 0.25) is 5.02 Å². The Hall–Kier alpha value is -0.260. The topological polar surface area (TPSA) is 12.0 Å². The summed E-state index contributed by atoms with van der Waals surface area (Å²) in [4.78, 5) is 0. The Balaban J connectivity index is 2.53. The van der Waals surface area contributed by atoms with Crippen LogP contribution in [0.15, 0.2) is 22.7 Å². The minimum absolute atomic E-state index is 0.0449. The fraction of sp³-hybridized carbons (Fsp3) is 0.455. The zero-order valence-corrected chi connectivity index (χ0v) is 11.1. The summed E-state index contributed by atoms with van der Waals surface area (Å²) in [5.41, 5.74) is -1.60. The van der Waals surface area contributed by atoms with Crippen molar-refractivity contribution in [3.63, 3.8) is 0 Å². The lowest BCUT2D eigenvalue weighted by Gasteiger charge is -2.31. The summed E-state index contributed by atoms with van der Waals surface area (Å²) in [5, 5.41) is 3.09. The van der Waals surface area contributed by atoms with E-state index >= 15 is 0 Å². The van der Waals surface area contributed by atoms with Gasteiger partial charge in [-0.3, -0.25) is 0 Å². The Morgan fingerprint density at radius 2 is 2.00 bits per heavy atom. The van der Waals surface area contributed by atoms with Crippen molar-refractivity contribution in [3.8, 4) is 0 Å². The number of rotatable bonds is 1. The molecule has 94 valence electrons. The number of alkyl halides is 3. The van der Waals surface area contributed by atoms with Crippen LogP contribution in [0, 0.1) is 0 Å². The molecular weight excluding hydrogens is 318 g/mol. The lowest BCUT2D eigenvalue weighted by atomic mass is 9.79. The van der Waals surface area contributed by atoms with Crippen molar-refractivity contribution >= 4 is 27.5 Å². The summed E-state index contributed by atoms with van der Waals surface area (Å²) in [5.74, 6) is 0. The van der Waals surface area contributed by atoms with Crippen LogP contribution >= 0.6 is 27.5 Å². The van der Waals surface area contributed by atoms with Crippen LogP contribution in [0.25, 0.3) is 0 Å². The Labute approximate surface area is 110 Å². The van der Waals surface area contributed by atoms with E-state index in [4.69, 9.17) is 11.6 Å². The van der Waals surface area contributed by atoms with Gasteiger partial charge in [0.05, 0.1) is 0 Å². The SMILES string of the molecule is FC(F)(F)[C@@]1(c2cc(Cl)cc(Br)c2)CCNC1. The van der Waals surface area contributed by atoms with E-state index in [0.717, 1.165) is 0 Å². The van der Waals surface area contributed by atoms with Crippen LogP contribution in [0.1, 0.15) is 12.0 Å². The van der Waals surface area contributed by atoms with Crippen LogP contribution in [-0.4, -0.2) is 19.3 Å². The van der Waals surface area contributed by atoms with Crippen LogP contribution in [0.3, 0.4) is 0 Å². The summed E-state index contributed by atoms with van der Waals surface area (Å²) in [6, 6.07) is 4.47. The second kappa shape index (κ2) is 4.44. The molecule has 0 aromatic heterocycles. The Morgan fingerprint density at radius 1 is 1.29 bits per heavy atom. The monoisotopic (exact) mass is 327 g/mol. The summed E-state index contributed by atoms with van der Waals surface area (Å²) in [6.07, 6.45) is -4.23. The van der Waals surface area contributed by atoms with Crippen molar-refractivity contribution in [3.05, 3.63) is 33.3 Å². The summed E-state index contributed by atoms with van der Waals surface area (Å²) >= 11 is 9.00. The molecule has 0 unspecified atom stereocenters. The van der Waals surface area contributed by atoms with E-state index < -0.39 is 11.6 Å². The molecule has 1 N–H and O–H groups in total. The molecule has 6 heteroatoms. The molecule has 0 amide bonds. The van der Waals surface area contributed by atoms with E-state index in [1.54, 1.807) is 6.07 Å². The smallest absolute Gasteiger partial charge is 0.315 e. The molecule has 1 aromatic rings. The highest BCUT2D eigenvalue weighted by Crippen LogP contribution is 2.46. The number of hydrogen-bond donors (Lipinski definition) is 1. The highest BCUT2D eigenvalue weighted by molar-refractivity contribution is 9.10. The summed E-state index contributed by atoms with van der Waals surface area (Å²) in [6.45, 7) is 0.271. The third-order valence-corrected chi connectivity index (χ3v) is 3.79. The third-order valence-electron chi connectivity index (χ3n) is 3.11. The number of nitrogens with one attached hydrogen (secondary N) is 1. The van der Waals surface area contributed by atoms with Gasteiger partial charge in [-0.2, -0.15) is 13.2 Å². The molecule has 1 aliphatic heterocycles. The average Bonchev–Trinajstić information content (AvgIpc) is 2.64. The molecule has 0 radical (unpaired) electrons. The maximum Gasteiger partial charge on any atom is 0.399 e. The molecule has 17 heavy (non-hydrogen) atoms. The lowest BCUT2D eigenvalue weighted by molar-refractivity contribution is -0.185. The third kappa shape index (κ3) is 2.33. The van der Waals surface area contributed by atoms with Crippen molar-refractivity contribution < 1.29 is 13.2 Å². The van der Waals surface area contributed by atoms with Gasteiger partial charge in [-0.1, -0.05) is 27.5 Å². The van der Waals surface area contributed by atoms with Crippen molar-refractivity contribution in [2.45, 2.75) is 18.0 Å². The van der Waals surface area contributed by atoms with Gasteiger partial charge < -0.3 is 5.32 Å². The van der Waals surface area contributed by atoms with Crippen molar-refractivity contribution in [1.82, 2.24) is 5.32 Å². The van der Waals surface area contributed by atoms with Gasteiger partial charge >= 0.3 is 6.18 Å². The van der Waals surface area contributed by atoms with Gasteiger partial charge in [0.25, 0.3) is 0 Å². The van der Waals surface area contributed by atoms with Crippen molar-refractivity contribution in [2.75, 3.05) is 13.1 Å². The molecule has 1 atom stereocenters. The molecule has 1 nitrogen and oxygen atoms in total. The molecule has 0 spiro atoms. The summed E-state index contributed by atoms with van der Waals surface area (Å²) in [7, 11) is 0. The first-order chi connectivity index (χ1) is 7.85. The molecule has 1 heterocycles. The number of benzene rings is 1. The van der Waals surface area contributed by atoms with E-state index in [1.165, 1.54) is 12.1 Å². The van der Waals surface area contributed by atoms with Gasteiger partial charge in [0, 0.05) is 16.0 Å². The van der Waals surface area contributed by atoms with E-state index in [0.29, 0.717) is 16.0 Å². The second-order valence-corrected chi connectivity index (χ2v) is 5.52. The molecule has 0 bridgehead atoms. The first-order valence-corrected chi connectivity index (χ1v) is 6.26. The van der Waals surface area contributed by atoms with Crippen molar-refractivity contribution in [1.29, 1.82) is 0 Å². The maximum atomic E-state index is 13.3. The lowest BCUT2D eigenvalue weighted by Crippen LogP contribution is -2.44. The molecule has 1 fully saturated rings. The van der Waals surface area contributed by atoms with Crippen LogP contribution in [0.5, 0.6) is 0 Å². The minimum atomic E-state index is -4.28. The first kappa shape index (κ1) is 13.2. The summed E-state index contributed by atoms with van der Waals surface area (Å²) < 4.78 is 40.4. The first-order valence-electron chi connectivity index (χ1n) is 5.09. The molecule has 2 rings (SSSR count). The maximum absolute atomic E-state index is 13.3. The molecule has 1 saturated heterocycles. The van der Waals surface area contributed by atoms with Gasteiger partial charge in [0.2, 0.25) is 0 Å². The average molecular weight is 329 g/mol. The predicted octanol–water partition coefficient (Wildman–Crippen LogP) is 3.90. The van der Waals surface area contributed by atoms with Gasteiger partial charge in [-0.15, -0.1) is 0 Å². The molecule has 0 aliphatic carbocycles. The quantitative estimate of drug-likeness (QED) is 0.824. The highest BCUT2D eigenvalue weighted by Gasteiger charge is 2.57. The van der Waals surface area contributed by atoms with Crippen LogP contribution < -0.4 is 5.32 Å². The largest absolute Gasteiger partial charge is 0.399 e. The van der Waals surface area contributed by atoms with Crippen LogP contribution in [-0.2, 0) is 5.41 Å². The number of hydrogen-bond acceptors (Lipinski definition) is 1. The predicted molar refractivity (Wildman–Crippen MR) is 64.4 cm³/mol. The number of halogens is 5. The Kier molecular flexibility index (Phi) is 3.45. The molecule has 1 aromatic carbocycles. The Bertz CT molecular complexity index is 407.